The van der Waals surface area contributed by atoms with Crippen molar-refractivity contribution < 1.29 is 37.9 Å². The van der Waals surface area contributed by atoms with Crippen LogP contribution in [0.15, 0.2) is 35.7 Å². The Labute approximate surface area is 246 Å². The molecule has 10 heteroatoms. The number of thiazole rings is 1. The van der Waals surface area contributed by atoms with Crippen LogP contribution in [0.3, 0.4) is 0 Å². The van der Waals surface area contributed by atoms with E-state index < -0.39 is 5.79 Å². The summed E-state index contributed by atoms with van der Waals surface area (Å²) in [5.41, 5.74) is 4.96. The highest BCUT2D eigenvalue weighted by molar-refractivity contribution is 7.09. The quantitative estimate of drug-likeness (QED) is 0.149. The molecule has 1 atom stereocenters. The van der Waals surface area contributed by atoms with Gasteiger partial charge in [-0.3, -0.25) is 0 Å². The summed E-state index contributed by atoms with van der Waals surface area (Å²) in [7, 11) is 3.20. The van der Waals surface area contributed by atoms with Crippen molar-refractivity contribution in [2.24, 2.45) is 0 Å². The number of rotatable bonds is 16. The van der Waals surface area contributed by atoms with Crippen LogP contribution in [-0.4, -0.2) is 64.5 Å². The number of aromatic nitrogens is 1. The fourth-order valence-electron chi connectivity index (χ4n) is 4.80. The van der Waals surface area contributed by atoms with Gasteiger partial charge in [0.05, 0.1) is 30.5 Å². The van der Waals surface area contributed by atoms with Crippen molar-refractivity contribution in [3.05, 3.63) is 57.5 Å². The SMILES string of the molecule is CCc1c(OCOC)cc(OCOC)c(-c2cccc(OCc3csc(C)n3)c2)c1CCOCC1COC(C)(C)O1. The Morgan fingerprint density at radius 1 is 1.02 bits per heavy atom. The fraction of sp³-hybridized carbons (Fsp3) is 0.516. The van der Waals surface area contributed by atoms with Gasteiger partial charge in [0.2, 0.25) is 0 Å². The highest BCUT2D eigenvalue weighted by Gasteiger charge is 2.32. The average molecular weight is 588 g/mol. The molecule has 2 aromatic carbocycles. The predicted octanol–water partition coefficient (Wildman–Crippen LogP) is 5.94. The number of methoxy groups -OCH3 is 2. The smallest absolute Gasteiger partial charge is 0.188 e. The maximum atomic E-state index is 6.12. The molecule has 1 aromatic heterocycles. The average Bonchev–Trinajstić information content (AvgIpc) is 3.55. The Hall–Kier alpha value is -2.73. The predicted molar refractivity (Wildman–Crippen MR) is 157 cm³/mol. The van der Waals surface area contributed by atoms with E-state index >= 15 is 0 Å². The molecule has 224 valence electrons. The molecule has 1 fully saturated rings. The fourth-order valence-corrected chi connectivity index (χ4v) is 5.40. The van der Waals surface area contributed by atoms with Crippen LogP contribution in [0.5, 0.6) is 17.2 Å². The Kier molecular flexibility index (Phi) is 11.4. The molecule has 1 aliphatic heterocycles. The number of hydrogen-bond acceptors (Lipinski definition) is 10. The number of ether oxygens (including phenoxy) is 8. The Morgan fingerprint density at radius 2 is 1.80 bits per heavy atom. The monoisotopic (exact) mass is 587 g/mol. The van der Waals surface area contributed by atoms with Gasteiger partial charge in [-0.2, -0.15) is 0 Å². The number of nitrogens with zero attached hydrogens (tertiary/aromatic N) is 1. The molecule has 2 heterocycles. The third kappa shape index (κ3) is 8.64. The summed E-state index contributed by atoms with van der Waals surface area (Å²) in [6.45, 7) is 9.99. The van der Waals surface area contributed by atoms with E-state index in [2.05, 4.69) is 18.0 Å². The summed E-state index contributed by atoms with van der Waals surface area (Å²) in [6.07, 6.45) is 1.29. The van der Waals surface area contributed by atoms with Crippen molar-refractivity contribution in [1.82, 2.24) is 4.98 Å². The summed E-state index contributed by atoms with van der Waals surface area (Å²) in [4.78, 5) is 4.51. The molecule has 41 heavy (non-hydrogen) atoms. The number of benzene rings is 2. The molecular formula is C31H41NO8S. The van der Waals surface area contributed by atoms with E-state index in [0.717, 1.165) is 45.1 Å². The van der Waals surface area contributed by atoms with Crippen molar-refractivity contribution in [3.8, 4) is 28.4 Å². The minimum absolute atomic E-state index is 0.0896. The molecule has 1 aliphatic rings. The van der Waals surface area contributed by atoms with Gasteiger partial charge in [-0.1, -0.05) is 19.1 Å². The minimum Gasteiger partial charge on any atom is -0.487 e. The first kappa shape index (κ1) is 31.2. The normalized spacial score (nSPS) is 16.2. The second-order valence-corrected chi connectivity index (χ2v) is 11.2. The van der Waals surface area contributed by atoms with Crippen LogP contribution >= 0.6 is 11.3 Å². The summed E-state index contributed by atoms with van der Waals surface area (Å²) >= 11 is 1.61. The van der Waals surface area contributed by atoms with Gasteiger partial charge in [-0.25, -0.2) is 4.98 Å². The lowest BCUT2D eigenvalue weighted by atomic mass is 9.90. The van der Waals surface area contributed by atoms with Crippen LogP contribution in [0, 0.1) is 6.92 Å². The van der Waals surface area contributed by atoms with Gasteiger partial charge in [0, 0.05) is 31.2 Å². The largest absolute Gasteiger partial charge is 0.487 e. The lowest BCUT2D eigenvalue weighted by molar-refractivity contribution is -0.144. The zero-order chi connectivity index (χ0) is 29.2. The van der Waals surface area contributed by atoms with E-state index in [1.807, 2.05) is 50.4 Å². The Bertz CT molecular complexity index is 1260. The van der Waals surface area contributed by atoms with Crippen LogP contribution in [0.25, 0.3) is 11.1 Å². The van der Waals surface area contributed by atoms with E-state index in [1.165, 1.54) is 0 Å². The molecule has 3 aromatic rings. The van der Waals surface area contributed by atoms with Gasteiger partial charge >= 0.3 is 0 Å². The Balaban J connectivity index is 1.65. The van der Waals surface area contributed by atoms with Gasteiger partial charge in [0.25, 0.3) is 0 Å². The number of hydrogen-bond donors (Lipinski definition) is 0. The van der Waals surface area contributed by atoms with Crippen molar-refractivity contribution in [2.75, 3.05) is 47.6 Å². The first-order valence-electron chi connectivity index (χ1n) is 13.8. The molecule has 0 spiro atoms. The maximum Gasteiger partial charge on any atom is 0.188 e. The van der Waals surface area contributed by atoms with Crippen LogP contribution in [0.4, 0.5) is 0 Å². The Morgan fingerprint density at radius 3 is 2.46 bits per heavy atom. The van der Waals surface area contributed by atoms with Gasteiger partial charge in [-0.05, 0) is 62.4 Å². The van der Waals surface area contributed by atoms with E-state index in [9.17, 15) is 0 Å². The van der Waals surface area contributed by atoms with E-state index in [0.29, 0.717) is 44.3 Å². The highest BCUT2D eigenvalue weighted by Crippen LogP contribution is 2.42. The maximum absolute atomic E-state index is 6.12. The molecule has 0 aliphatic carbocycles. The highest BCUT2D eigenvalue weighted by atomic mass is 32.1. The molecule has 1 saturated heterocycles. The molecule has 9 nitrogen and oxygen atoms in total. The minimum atomic E-state index is -0.581. The summed E-state index contributed by atoms with van der Waals surface area (Å²) in [5, 5.41) is 3.03. The van der Waals surface area contributed by atoms with E-state index in [1.54, 1.807) is 25.6 Å². The molecule has 1 unspecified atom stereocenters. The van der Waals surface area contributed by atoms with Crippen molar-refractivity contribution >= 4 is 11.3 Å². The van der Waals surface area contributed by atoms with E-state index in [4.69, 9.17) is 37.9 Å². The zero-order valence-electron chi connectivity index (χ0n) is 24.8. The van der Waals surface area contributed by atoms with Crippen LogP contribution in [-0.2, 0) is 43.1 Å². The summed E-state index contributed by atoms with van der Waals surface area (Å²) < 4.78 is 46.4. The molecule has 0 radical (unpaired) electrons. The standard InChI is InChI=1S/C31H41NO8S/c1-7-26-27(11-12-35-16-25-17-39-31(3,4)40-25)30(29(38-20-34-6)14-28(26)37-19-33-5)22-9-8-10-24(13-22)36-15-23-18-41-21(2)32-23/h8-10,13-14,18,25H,7,11-12,15-17,19-20H2,1-6H3. The van der Waals surface area contributed by atoms with Gasteiger partial charge < -0.3 is 37.9 Å². The molecule has 0 amide bonds. The summed E-state index contributed by atoms with van der Waals surface area (Å²) in [6, 6.07) is 9.92. The van der Waals surface area contributed by atoms with Crippen LogP contribution in [0.1, 0.15) is 42.6 Å². The van der Waals surface area contributed by atoms with Gasteiger partial charge in [0.15, 0.2) is 19.4 Å². The van der Waals surface area contributed by atoms with Crippen molar-refractivity contribution in [3.63, 3.8) is 0 Å². The second-order valence-electron chi connectivity index (χ2n) is 10.1. The summed E-state index contributed by atoms with van der Waals surface area (Å²) in [5.74, 6) is 1.51. The van der Waals surface area contributed by atoms with Crippen molar-refractivity contribution in [2.45, 2.75) is 59.0 Å². The van der Waals surface area contributed by atoms with Crippen molar-refractivity contribution in [1.29, 1.82) is 0 Å². The molecule has 0 saturated carbocycles. The van der Waals surface area contributed by atoms with Gasteiger partial charge in [0.1, 0.15) is 30.0 Å². The number of aryl methyl sites for hydroxylation is 1. The topological polar surface area (TPSA) is 86.7 Å². The third-order valence-electron chi connectivity index (χ3n) is 6.53. The van der Waals surface area contributed by atoms with Gasteiger partial charge in [-0.15, -0.1) is 11.3 Å². The van der Waals surface area contributed by atoms with Crippen LogP contribution in [0.2, 0.25) is 0 Å². The molecular weight excluding hydrogens is 546 g/mol. The first-order valence-corrected chi connectivity index (χ1v) is 14.7. The second kappa shape index (κ2) is 14.9. The van der Waals surface area contributed by atoms with Crippen LogP contribution < -0.4 is 14.2 Å². The third-order valence-corrected chi connectivity index (χ3v) is 7.36. The zero-order valence-corrected chi connectivity index (χ0v) is 25.6. The van der Waals surface area contributed by atoms with E-state index in [-0.39, 0.29) is 19.7 Å². The molecule has 0 bridgehead atoms. The lowest BCUT2D eigenvalue weighted by Crippen LogP contribution is -2.24. The molecule has 0 N–H and O–H groups in total. The lowest BCUT2D eigenvalue weighted by Gasteiger charge is -2.23. The first-order chi connectivity index (χ1) is 19.8. The molecule has 4 rings (SSSR count).